The average molecular weight is 684 g/mol. The van der Waals surface area contributed by atoms with Crippen LogP contribution in [-0.2, 0) is 5.41 Å². The summed E-state index contributed by atoms with van der Waals surface area (Å²) in [6, 6.07) is 62.0. The molecular weight excluding hydrogens is 647 g/mol. The Bertz CT molecular complexity index is 2670. The van der Waals surface area contributed by atoms with E-state index in [1.54, 1.807) is 0 Å². The van der Waals surface area contributed by atoms with Crippen LogP contribution in [0.5, 0.6) is 11.5 Å². The molecule has 8 aromatic rings. The fraction of sp³-hybridized carbons (Fsp3) is 0.0612. The van der Waals surface area contributed by atoms with E-state index in [1.165, 1.54) is 16.7 Å². The molecule has 4 N–H and O–H groups in total. The number of rotatable bonds is 5. The van der Waals surface area contributed by atoms with Gasteiger partial charge in [0.05, 0.1) is 17.1 Å². The first-order valence-corrected chi connectivity index (χ1v) is 18.2. The first kappa shape index (κ1) is 31.1. The zero-order valence-corrected chi connectivity index (χ0v) is 29.3. The number of para-hydroxylation sites is 3. The molecule has 0 amide bonds. The molecule has 0 saturated carbocycles. The van der Waals surface area contributed by atoms with Gasteiger partial charge >= 0.3 is 0 Å². The maximum Gasteiger partial charge on any atom is 0.132 e. The third kappa shape index (κ3) is 4.52. The Morgan fingerprint density at radius 2 is 1.11 bits per heavy atom. The van der Waals surface area contributed by atoms with Gasteiger partial charge in [-0.3, -0.25) is 0 Å². The summed E-state index contributed by atoms with van der Waals surface area (Å²) in [6.07, 6.45) is 0. The lowest BCUT2D eigenvalue weighted by Crippen LogP contribution is -2.34. The van der Waals surface area contributed by atoms with Crippen molar-refractivity contribution in [3.8, 4) is 44.9 Å². The van der Waals surface area contributed by atoms with Gasteiger partial charge in [0.2, 0.25) is 0 Å². The van der Waals surface area contributed by atoms with Crippen LogP contribution in [0.15, 0.2) is 176 Å². The molecular formula is C49H37N3O. The number of ether oxygens (including phenoxy) is 1. The van der Waals surface area contributed by atoms with E-state index in [4.69, 9.17) is 16.3 Å². The molecule has 10 rings (SSSR count). The molecule has 4 nitrogen and oxygen atoms in total. The third-order valence-corrected chi connectivity index (χ3v) is 11.4. The quantitative estimate of drug-likeness (QED) is 0.108. The Morgan fingerprint density at radius 3 is 1.87 bits per heavy atom. The van der Waals surface area contributed by atoms with Gasteiger partial charge in [-0.15, -0.1) is 0 Å². The molecule has 0 aromatic heterocycles. The van der Waals surface area contributed by atoms with Crippen molar-refractivity contribution in [1.29, 1.82) is 0 Å². The first-order valence-electron chi connectivity index (χ1n) is 18.2. The number of hydrazine groups is 1. The summed E-state index contributed by atoms with van der Waals surface area (Å²) in [6.45, 7) is 2.14. The lowest BCUT2D eigenvalue weighted by Gasteiger charge is -2.39. The van der Waals surface area contributed by atoms with Gasteiger partial charge in [0.15, 0.2) is 0 Å². The molecule has 1 aliphatic heterocycles. The molecule has 53 heavy (non-hydrogen) atoms. The zero-order valence-electron chi connectivity index (χ0n) is 29.3. The molecule has 0 radical (unpaired) electrons. The molecule has 254 valence electrons. The molecule has 4 heteroatoms. The predicted octanol–water partition coefficient (Wildman–Crippen LogP) is 11.7. The molecule has 0 fully saturated rings. The van der Waals surface area contributed by atoms with Crippen molar-refractivity contribution in [3.05, 3.63) is 204 Å². The van der Waals surface area contributed by atoms with Crippen LogP contribution in [0, 0.1) is 0 Å². The van der Waals surface area contributed by atoms with Gasteiger partial charge in [-0.25, -0.2) is 5.84 Å². The van der Waals surface area contributed by atoms with Crippen molar-refractivity contribution in [2.24, 2.45) is 5.84 Å². The fourth-order valence-electron chi connectivity index (χ4n) is 8.94. The van der Waals surface area contributed by atoms with Crippen molar-refractivity contribution in [2.75, 3.05) is 10.7 Å². The molecule has 1 spiro atoms. The summed E-state index contributed by atoms with van der Waals surface area (Å²) < 4.78 is 6.56. The van der Waals surface area contributed by atoms with Crippen LogP contribution in [0.1, 0.15) is 40.8 Å². The Kier molecular flexibility index (Phi) is 7.04. The van der Waals surface area contributed by atoms with Gasteiger partial charge in [0.25, 0.3) is 0 Å². The average Bonchev–Trinajstić information content (AvgIpc) is 3.49. The largest absolute Gasteiger partial charge is 0.457 e. The first-order chi connectivity index (χ1) is 26.1. The van der Waals surface area contributed by atoms with E-state index in [9.17, 15) is 0 Å². The Hall–Kier alpha value is -6.62. The van der Waals surface area contributed by atoms with Crippen LogP contribution in [0.4, 0.5) is 11.4 Å². The second kappa shape index (κ2) is 12.0. The van der Waals surface area contributed by atoms with Crippen molar-refractivity contribution in [3.63, 3.8) is 0 Å². The lowest BCUT2D eigenvalue weighted by atomic mass is 9.66. The van der Waals surface area contributed by atoms with Crippen LogP contribution < -0.4 is 21.3 Å². The number of nitrogens with zero attached hydrogens (tertiary/aromatic N) is 1. The Labute approximate surface area is 309 Å². The monoisotopic (exact) mass is 683 g/mol. The molecule has 0 saturated heterocycles. The number of hydrogen-bond donors (Lipinski definition) is 2. The molecule has 1 heterocycles. The second-order valence-electron chi connectivity index (χ2n) is 14.1. The Morgan fingerprint density at radius 1 is 0.509 bits per heavy atom. The van der Waals surface area contributed by atoms with E-state index < -0.39 is 5.41 Å². The minimum absolute atomic E-state index is 0.0516. The van der Waals surface area contributed by atoms with Crippen molar-refractivity contribution < 1.29 is 4.74 Å². The molecule has 1 aliphatic carbocycles. The smallest absolute Gasteiger partial charge is 0.132 e. The summed E-state index contributed by atoms with van der Waals surface area (Å²) in [5, 5.41) is 4.17. The highest BCUT2D eigenvalue weighted by atomic mass is 16.5. The highest BCUT2D eigenvalue weighted by Crippen LogP contribution is 2.63. The number of fused-ring (bicyclic) bond motifs is 10. The summed E-state index contributed by atoms with van der Waals surface area (Å²) in [5.41, 5.74) is 20.8. The van der Waals surface area contributed by atoms with E-state index >= 15 is 0 Å². The van der Waals surface area contributed by atoms with Gasteiger partial charge in [-0.05, 0) is 87.0 Å². The van der Waals surface area contributed by atoms with Gasteiger partial charge in [-0.1, -0.05) is 146 Å². The molecule has 8 aromatic carbocycles. The van der Waals surface area contributed by atoms with E-state index in [1.807, 2.05) is 23.2 Å². The number of benzene rings is 8. The van der Waals surface area contributed by atoms with Gasteiger partial charge in [0, 0.05) is 27.9 Å². The van der Waals surface area contributed by atoms with E-state index in [-0.39, 0.29) is 6.04 Å². The zero-order chi connectivity index (χ0) is 35.7. The summed E-state index contributed by atoms with van der Waals surface area (Å²) in [7, 11) is 0. The van der Waals surface area contributed by atoms with E-state index in [2.05, 4.69) is 165 Å². The Balaban J connectivity index is 1.24. The minimum Gasteiger partial charge on any atom is -0.457 e. The van der Waals surface area contributed by atoms with E-state index in [0.29, 0.717) is 0 Å². The van der Waals surface area contributed by atoms with Crippen molar-refractivity contribution in [1.82, 2.24) is 0 Å². The fourth-order valence-corrected chi connectivity index (χ4v) is 8.94. The van der Waals surface area contributed by atoms with Crippen LogP contribution in [0.2, 0.25) is 0 Å². The van der Waals surface area contributed by atoms with Gasteiger partial charge < -0.3 is 15.5 Å². The highest BCUT2D eigenvalue weighted by Gasteiger charge is 2.51. The maximum absolute atomic E-state index is 7.38. The number of hydrogen-bond acceptors (Lipinski definition) is 4. The lowest BCUT2D eigenvalue weighted by molar-refractivity contribution is 0.436. The van der Waals surface area contributed by atoms with Crippen molar-refractivity contribution >= 4 is 22.1 Å². The molecule has 0 bridgehead atoms. The number of nitrogen functional groups attached to an aromatic ring is 1. The van der Waals surface area contributed by atoms with Gasteiger partial charge in [-0.2, -0.15) is 0 Å². The minimum atomic E-state index is -0.591. The number of anilines is 2. The van der Waals surface area contributed by atoms with Crippen LogP contribution in [0.3, 0.4) is 0 Å². The van der Waals surface area contributed by atoms with Crippen LogP contribution >= 0.6 is 0 Å². The molecule has 2 aliphatic rings. The van der Waals surface area contributed by atoms with E-state index in [0.717, 1.165) is 78.2 Å². The second-order valence-corrected chi connectivity index (χ2v) is 14.1. The van der Waals surface area contributed by atoms with Crippen LogP contribution in [-0.4, -0.2) is 0 Å². The van der Waals surface area contributed by atoms with Crippen LogP contribution in [0.25, 0.3) is 44.2 Å². The third-order valence-electron chi connectivity index (χ3n) is 11.4. The molecule has 1 atom stereocenters. The summed E-state index contributed by atoms with van der Waals surface area (Å²) in [4.78, 5) is 0. The van der Waals surface area contributed by atoms with Gasteiger partial charge in [0.1, 0.15) is 11.5 Å². The summed E-state index contributed by atoms with van der Waals surface area (Å²) >= 11 is 0. The predicted molar refractivity (Wildman–Crippen MR) is 218 cm³/mol. The number of nitrogens with two attached hydrogens (primary N) is 2. The molecule has 1 unspecified atom stereocenters. The highest BCUT2D eigenvalue weighted by molar-refractivity contribution is 6.09. The SMILES string of the molecule is CC(c1ccccc1)N(N)c1ccccc1-c1ccc2ccccc2c1-c1cc2c(cc1N)C1(c3ccccc3Oc3ccccc31)c1ccccc1-2. The topological polar surface area (TPSA) is 64.5 Å². The maximum atomic E-state index is 7.38. The summed E-state index contributed by atoms with van der Waals surface area (Å²) in [5.74, 6) is 8.75. The normalized spacial score (nSPS) is 13.8. The van der Waals surface area contributed by atoms with Crippen molar-refractivity contribution in [2.45, 2.75) is 18.4 Å². The standard InChI is InChI=1S/C49H37N3O/c1-31(32-15-3-2-4-16-32)52(51)45-24-12-8-20-36(45)37-28-27-33-17-5-6-18-34(33)48(37)39-29-38-35-19-7-9-21-40(35)49(43(38)30-44(39)50)41-22-10-13-25-46(41)53-47-26-14-11-23-42(47)49/h2-31H,50-51H2,1H3.